The van der Waals surface area contributed by atoms with Crippen LogP contribution in [0.2, 0.25) is 0 Å². The lowest BCUT2D eigenvalue weighted by Gasteiger charge is -2.28. The van der Waals surface area contributed by atoms with Crippen molar-refractivity contribution in [3.63, 3.8) is 0 Å². The van der Waals surface area contributed by atoms with E-state index in [0.29, 0.717) is 5.69 Å². The van der Waals surface area contributed by atoms with Gasteiger partial charge in [-0.3, -0.25) is 0 Å². The molecule has 0 atom stereocenters. The fourth-order valence-corrected chi connectivity index (χ4v) is 1.65. The molecule has 0 heterocycles. The first-order valence-electron chi connectivity index (χ1n) is 5.36. The fraction of sp³-hybridized carbons (Fsp3) is 0.455. The Hall–Kier alpha value is -1.59. The molecule has 2 rings (SSSR count). The van der Waals surface area contributed by atoms with Crippen LogP contribution in [0.4, 0.5) is 24.5 Å². The van der Waals surface area contributed by atoms with E-state index in [4.69, 9.17) is 5.73 Å². The van der Waals surface area contributed by atoms with Crippen LogP contribution in [0.25, 0.3) is 0 Å². The van der Waals surface area contributed by atoms with E-state index in [1.54, 1.807) is 0 Å². The number of alkyl halides is 2. The van der Waals surface area contributed by atoms with Crippen molar-refractivity contribution in [1.82, 2.24) is 0 Å². The molecule has 17 heavy (non-hydrogen) atoms. The third-order valence-corrected chi connectivity index (χ3v) is 2.78. The van der Waals surface area contributed by atoms with Gasteiger partial charge in [-0.05, 0) is 19.3 Å². The SMILES string of the molecule is Nc1cc(F)c(OC(F)F)cc1NC1CCC1. The van der Waals surface area contributed by atoms with Gasteiger partial charge in [-0.1, -0.05) is 0 Å². The number of hydrogen-bond donors (Lipinski definition) is 2. The highest BCUT2D eigenvalue weighted by Gasteiger charge is 2.19. The summed E-state index contributed by atoms with van der Waals surface area (Å²) in [4.78, 5) is 0. The Kier molecular flexibility index (Phi) is 3.31. The lowest BCUT2D eigenvalue weighted by Crippen LogP contribution is -2.27. The molecule has 94 valence electrons. The molecule has 1 aliphatic carbocycles. The van der Waals surface area contributed by atoms with Crippen molar-refractivity contribution in [1.29, 1.82) is 0 Å². The smallest absolute Gasteiger partial charge is 0.387 e. The molecule has 6 heteroatoms. The number of nitrogen functional groups attached to an aromatic ring is 1. The van der Waals surface area contributed by atoms with Crippen molar-refractivity contribution in [3.05, 3.63) is 17.9 Å². The van der Waals surface area contributed by atoms with Crippen molar-refractivity contribution >= 4 is 11.4 Å². The van der Waals surface area contributed by atoms with Crippen LogP contribution in [0, 0.1) is 5.82 Å². The lowest BCUT2D eigenvalue weighted by molar-refractivity contribution is -0.0521. The van der Waals surface area contributed by atoms with Crippen molar-refractivity contribution in [2.75, 3.05) is 11.1 Å². The van der Waals surface area contributed by atoms with Gasteiger partial charge in [0.1, 0.15) is 0 Å². The van der Waals surface area contributed by atoms with E-state index in [2.05, 4.69) is 10.1 Å². The Bertz CT molecular complexity index is 408. The third kappa shape index (κ3) is 2.75. The molecule has 3 N–H and O–H groups in total. The Labute approximate surface area is 96.8 Å². The van der Waals surface area contributed by atoms with E-state index < -0.39 is 18.2 Å². The summed E-state index contributed by atoms with van der Waals surface area (Å²) < 4.78 is 41.4. The molecular formula is C11H13F3N2O. The molecule has 0 amide bonds. The van der Waals surface area contributed by atoms with E-state index in [1.807, 2.05) is 0 Å². The number of anilines is 2. The number of hydrogen-bond acceptors (Lipinski definition) is 3. The second kappa shape index (κ2) is 4.73. The highest BCUT2D eigenvalue weighted by atomic mass is 19.3. The van der Waals surface area contributed by atoms with Gasteiger partial charge in [-0.2, -0.15) is 8.78 Å². The Morgan fingerprint density at radius 3 is 2.59 bits per heavy atom. The number of rotatable bonds is 4. The van der Waals surface area contributed by atoms with E-state index in [9.17, 15) is 13.2 Å². The molecule has 1 fully saturated rings. The predicted molar refractivity (Wildman–Crippen MR) is 58.7 cm³/mol. The maximum absolute atomic E-state index is 13.3. The Morgan fingerprint density at radius 1 is 1.35 bits per heavy atom. The normalized spacial score (nSPS) is 15.8. The molecule has 0 bridgehead atoms. The summed E-state index contributed by atoms with van der Waals surface area (Å²) in [6, 6.07) is 2.44. The van der Waals surface area contributed by atoms with E-state index in [0.717, 1.165) is 25.3 Å². The molecule has 0 unspecified atom stereocenters. The lowest BCUT2D eigenvalue weighted by atomic mass is 9.93. The van der Waals surface area contributed by atoms with E-state index in [1.165, 1.54) is 6.07 Å². The van der Waals surface area contributed by atoms with Crippen molar-refractivity contribution in [3.8, 4) is 5.75 Å². The summed E-state index contributed by atoms with van der Waals surface area (Å²) in [5, 5.41) is 3.07. The third-order valence-electron chi connectivity index (χ3n) is 2.78. The van der Waals surface area contributed by atoms with Crippen molar-refractivity contribution < 1.29 is 17.9 Å². The van der Waals surface area contributed by atoms with Gasteiger partial charge < -0.3 is 15.8 Å². The molecule has 1 aromatic rings. The maximum Gasteiger partial charge on any atom is 0.387 e. The number of halogens is 3. The van der Waals surface area contributed by atoms with Gasteiger partial charge in [0, 0.05) is 18.2 Å². The second-order valence-corrected chi connectivity index (χ2v) is 4.02. The van der Waals surface area contributed by atoms with E-state index >= 15 is 0 Å². The average molecular weight is 246 g/mol. The minimum absolute atomic E-state index is 0.191. The van der Waals surface area contributed by atoms with Crippen LogP contribution in [0.3, 0.4) is 0 Å². The number of ether oxygens (including phenoxy) is 1. The number of nitrogens with one attached hydrogen (secondary N) is 1. The van der Waals surface area contributed by atoms with Crippen LogP contribution in [0.15, 0.2) is 12.1 Å². The zero-order valence-corrected chi connectivity index (χ0v) is 9.05. The van der Waals surface area contributed by atoms with Gasteiger partial charge >= 0.3 is 6.61 Å². The minimum atomic E-state index is -3.05. The Balaban J connectivity index is 2.18. The summed E-state index contributed by atoms with van der Waals surface area (Å²) in [6.07, 6.45) is 3.13. The Morgan fingerprint density at radius 2 is 2.06 bits per heavy atom. The summed E-state index contributed by atoms with van der Waals surface area (Å²) in [5.74, 6) is -1.38. The minimum Gasteiger partial charge on any atom is -0.432 e. The molecule has 1 saturated carbocycles. The molecule has 0 aromatic heterocycles. The molecule has 1 aliphatic rings. The first-order valence-corrected chi connectivity index (χ1v) is 5.36. The molecule has 3 nitrogen and oxygen atoms in total. The molecule has 1 aromatic carbocycles. The van der Waals surface area contributed by atoms with Gasteiger partial charge in [-0.25, -0.2) is 4.39 Å². The summed E-state index contributed by atoms with van der Waals surface area (Å²) in [7, 11) is 0. The summed E-state index contributed by atoms with van der Waals surface area (Å²) >= 11 is 0. The highest BCUT2D eigenvalue weighted by molar-refractivity contribution is 5.69. The summed E-state index contributed by atoms with van der Waals surface area (Å²) in [5.41, 5.74) is 6.23. The second-order valence-electron chi connectivity index (χ2n) is 4.02. The first-order chi connectivity index (χ1) is 8.06. The first kappa shape index (κ1) is 11.9. The van der Waals surface area contributed by atoms with Gasteiger partial charge in [0.25, 0.3) is 0 Å². The van der Waals surface area contributed by atoms with Crippen LogP contribution >= 0.6 is 0 Å². The zero-order chi connectivity index (χ0) is 12.4. The molecule has 0 radical (unpaired) electrons. The van der Waals surface area contributed by atoms with Gasteiger partial charge in [0.15, 0.2) is 11.6 Å². The molecule has 0 spiro atoms. The largest absolute Gasteiger partial charge is 0.432 e. The fourth-order valence-electron chi connectivity index (χ4n) is 1.65. The van der Waals surface area contributed by atoms with E-state index in [-0.39, 0.29) is 11.7 Å². The monoisotopic (exact) mass is 246 g/mol. The summed E-state index contributed by atoms with van der Waals surface area (Å²) in [6.45, 7) is -3.05. The van der Waals surface area contributed by atoms with Crippen LogP contribution in [-0.4, -0.2) is 12.7 Å². The highest BCUT2D eigenvalue weighted by Crippen LogP contribution is 2.32. The van der Waals surface area contributed by atoms with Crippen LogP contribution in [0.1, 0.15) is 19.3 Å². The van der Waals surface area contributed by atoms with Crippen LogP contribution in [0.5, 0.6) is 5.75 Å². The topological polar surface area (TPSA) is 47.3 Å². The van der Waals surface area contributed by atoms with Crippen LogP contribution in [-0.2, 0) is 0 Å². The number of benzene rings is 1. The molecule has 0 aliphatic heterocycles. The number of nitrogens with two attached hydrogens (primary N) is 1. The average Bonchev–Trinajstić information content (AvgIpc) is 2.17. The van der Waals surface area contributed by atoms with Gasteiger partial charge in [0.2, 0.25) is 0 Å². The van der Waals surface area contributed by atoms with Crippen molar-refractivity contribution in [2.45, 2.75) is 31.9 Å². The van der Waals surface area contributed by atoms with Gasteiger partial charge in [-0.15, -0.1) is 0 Å². The van der Waals surface area contributed by atoms with Gasteiger partial charge in [0.05, 0.1) is 11.4 Å². The zero-order valence-electron chi connectivity index (χ0n) is 9.05. The van der Waals surface area contributed by atoms with Crippen LogP contribution < -0.4 is 15.8 Å². The molecular weight excluding hydrogens is 233 g/mol. The molecule has 0 saturated heterocycles. The predicted octanol–water partition coefficient (Wildman–Crippen LogP) is 2.97. The maximum atomic E-state index is 13.3. The standard InChI is InChI=1S/C11H13F3N2O/c12-7-4-8(15)9(16-6-2-1-3-6)5-10(7)17-11(13)14/h4-6,11,16H,1-3,15H2. The quantitative estimate of drug-likeness (QED) is 0.803. The van der Waals surface area contributed by atoms with Crippen molar-refractivity contribution in [2.24, 2.45) is 0 Å².